The van der Waals surface area contributed by atoms with Crippen molar-refractivity contribution in [1.29, 1.82) is 0 Å². The molecule has 0 amide bonds. The largest absolute Gasteiger partial charge is 0.504 e. The fourth-order valence-electron chi connectivity index (χ4n) is 4.02. The number of esters is 1. The number of carbonyl (C=O) groups excluding carboxylic acids is 3. The summed E-state index contributed by atoms with van der Waals surface area (Å²) < 4.78 is 5.01. The third-order valence-corrected chi connectivity index (χ3v) is 6.10. The first kappa shape index (κ1) is 28.9. The molecule has 0 aromatic rings. The van der Waals surface area contributed by atoms with Gasteiger partial charge in [-0.1, -0.05) is 89.7 Å². The van der Waals surface area contributed by atoms with Crippen LogP contribution >= 0.6 is 0 Å². The van der Waals surface area contributed by atoms with E-state index in [9.17, 15) is 19.5 Å². The standard InChI is InChI=1S/C28H44O5/c1-4-5-6-7-8-9-10-11-12-13-14-15-16-17-18-19-20-21-24-27(32)25(30)22(2)26(31)28(24)33-23(3)29/h7-8,30H,4-6,9-21H2,1-3H3. The van der Waals surface area contributed by atoms with E-state index in [1.54, 1.807) is 0 Å². The van der Waals surface area contributed by atoms with Gasteiger partial charge >= 0.3 is 5.97 Å². The highest BCUT2D eigenvalue weighted by molar-refractivity contribution is 6.23. The Morgan fingerprint density at radius 2 is 1.27 bits per heavy atom. The lowest BCUT2D eigenvalue weighted by Gasteiger charge is -2.18. The molecule has 0 aromatic carbocycles. The third kappa shape index (κ3) is 11.5. The SMILES string of the molecule is CCCCC=CCCCCCCCCCCCCCC1=C(OC(C)=O)C(=O)C(C)=C(O)C1=O. The van der Waals surface area contributed by atoms with E-state index in [0.717, 1.165) is 25.7 Å². The van der Waals surface area contributed by atoms with E-state index >= 15 is 0 Å². The number of hydrogen-bond donors (Lipinski definition) is 1. The van der Waals surface area contributed by atoms with Crippen LogP contribution in [0.2, 0.25) is 0 Å². The van der Waals surface area contributed by atoms with E-state index < -0.39 is 23.3 Å². The Morgan fingerprint density at radius 3 is 1.79 bits per heavy atom. The summed E-state index contributed by atoms with van der Waals surface area (Å²) >= 11 is 0. The number of hydrogen-bond acceptors (Lipinski definition) is 5. The van der Waals surface area contributed by atoms with Crippen LogP contribution in [-0.4, -0.2) is 22.6 Å². The minimum atomic E-state index is -0.642. The van der Waals surface area contributed by atoms with E-state index in [-0.39, 0.29) is 16.9 Å². The zero-order chi connectivity index (χ0) is 24.5. The van der Waals surface area contributed by atoms with Gasteiger partial charge in [0, 0.05) is 12.5 Å². The predicted molar refractivity (Wildman–Crippen MR) is 133 cm³/mol. The lowest BCUT2D eigenvalue weighted by Crippen LogP contribution is -2.25. The van der Waals surface area contributed by atoms with Gasteiger partial charge in [-0.2, -0.15) is 0 Å². The molecule has 0 radical (unpaired) electrons. The summed E-state index contributed by atoms with van der Waals surface area (Å²) in [6, 6.07) is 0. The van der Waals surface area contributed by atoms with Crippen molar-refractivity contribution >= 4 is 17.5 Å². The molecule has 0 spiro atoms. The van der Waals surface area contributed by atoms with Crippen molar-refractivity contribution < 1.29 is 24.2 Å². The highest BCUT2D eigenvalue weighted by Gasteiger charge is 2.34. The van der Waals surface area contributed by atoms with E-state index in [1.165, 1.54) is 84.5 Å². The number of aliphatic hydroxyl groups excluding tert-OH is 1. The first-order valence-electron chi connectivity index (χ1n) is 13.0. The molecule has 0 aromatic heterocycles. The Balaban J connectivity index is 2.12. The zero-order valence-electron chi connectivity index (χ0n) is 21.0. The smallest absolute Gasteiger partial charge is 0.308 e. The lowest BCUT2D eigenvalue weighted by atomic mass is 9.90. The second-order valence-corrected chi connectivity index (χ2v) is 9.07. The molecule has 1 rings (SSSR count). The first-order valence-corrected chi connectivity index (χ1v) is 13.0. The molecule has 33 heavy (non-hydrogen) atoms. The Kier molecular flexibility index (Phi) is 15.2. The van der Waals surface area contributed by atoms with Gasteiger partial charge in [-0.05, 0) is 39.0 Å². The molecule has 1 aliphatic rings. The number of aliphatic hydroxyl groups is 1. The van der Waals surface area contributed by atoms with Gasteiger partial charge in [0.05, 0.1) is 5.57 Å². The molecule has 0 aliphatic heterocycles. The Labute approximate surface area is 200 Å². The fraction of sp³-hybridized carbons (Fsp3) is 0.679. The zero-order valence-corrected chi connectivity index (χ0v) is 21.0. The number of allylic oxidation sites excluding steroid dienone is 4. The summed E-state index contributed by atoms with van der Waals surface area (Å²) in [6.07, 6.45) is 23.0. The summed E-state index contributed by atoms with van der Waals surface area (Å²) in [5.41, 5.74) is 0.0500. The van der Waals surface area contributed by atoms with Gasteiger partial charge in [-0.3, -0.25) is 14.4 Å². The molecule has 0 saturated heterocycles. The van der Waals surface area contributed by atoms with Crippen molar-refractivity contribution in [2.24, 2.45) is 0 Å². The van der Waals surface area contributed by atoms with Crippen molar-refractivity contribution in [2.45, 2.75) is 124 Å². The summed E-state index contributed by atoms with van der Waals surface area (Å²) in [5.74, 6) is -2.57. The summed E-state index contributed by atoms with van der Waals surface area (Å²) in [5, 5.41) is 9.91. The van der Waals surface area contributed by atoms with Crippen molar-refractivity contribution in [3.05, 3.63) is 34.8 Å². The van der Waals surface area contributed by atoms with Crippen molar-refractivity contribution in [2.75, 3.05) is 0 Å². The van der Waals surface area contributed by atoms with Crippen LogP contribution < -0.4 is 0 Å². The Hall–Kier alpha value is -2.17. The molecule has 0 atom stereocenters. The van der Waals surface area contributed by atoms with Gasteiger partial charge < -0.3 is 9.84 Å². The number of Topliss-reactive ketones (excluding diaryl/α,β-unsaturated/α-hetero) is 2. The number of ketones is 2. The second-order valence-electron chi connectivity index (χ2n) is 9.07. The maximum Gasteiger partial charge on any atom is 0.308 e. The molecular formula is C28H44O5. The molecular weight excluding hydrogens is 416 g/mol. The number of ether oxygens (including phenoxy) is 1. The van der Waals surface area contributed by atoms with Gasteiger partial charge in [0.15, 0.2) is 11.5 Å². The van der Waals surface area contributed by atoms with Crippen LogP contribution in [0, 0.1) is 0 Å². The van der Waals surface area contributed by atoms with Gasteiger partial charge in [0.2, 0.25) is 11.6 Å². The molecule has 0 unspecified atom stereocenters. The normalized spacial score (nSPS) is 14.6. The van der Waals surface area contributed by atoms with E-state index in [2.05, 4.69) is 19.1 Å². The van der Waals surface area contributed by atoms with E-state index in [1.807, 2.05) is 0 Å². The van der Waals surface area contributed by atoms with E-state index in [4.69, 9.17) is 4.74 Å². The van der Waals surface area contributed by atoms with Crippen molar-refractivity contribution in [3.63, 3.8) is 0 Å². The number of carbonyl (C=O) groups is 3. The molecule has 1 N–H and O–H groups in total. The highest BCUT2D eigenvalue weighted by atomic mass is 16.5. The van der Waals surface area contributed by atoms with E-state index in [0.29, 0.717) is 6.42 Å². The van der Waals surface area contributed by atoms with Gasteiger partial charge in [0.25, 0.3) is 0 Å². The fourth-order valence-corrected chi connectivity index (χ4v) is 4.02. The van der Waals surface area contributed by atoms with Crippen LogP contribution in [0.5, 0.6) is 0 Å². The average molecular weight is 461 g/mol. The van der Waals surface area contributed by atoms with Crippen LogP contribution in [-0.2, 0) is 19.1 Å². The van der Waals surface area contributed by atoms with Gasteiger partial charge in [-0.15, -0.1) is 0 Å². The Bertz CT molecular complexity index is 727. The molecule has 0 heterocycles. The summed E-state index contributed by atoms with van der Waals surface area (Å²) in [6.45, 7) is 4.79. The average Bonchev–Trinajstić information content (AvgIpc) is 2.79. The Morgan fingerprint density at radius 1 is 0.788 bits per heavy atom. The minimum absolute atomic E-state index is 0.0701. The van der Waals surface area contributed by atoms with Gasteiger partial charge in [-0.25, -0.2) is 0 Å². The topological polar surface area (TPSA) is 80.7 Å². The molecule has 0 fully saturated rings. The number of rotatable bonds is 18. The van der Waals surface area contributed by atoms with Gasteiger partial charge in [0.1, 0.15) is 0 Å². The molecule has 0 bridgehead atoms. The van der Waals surface area contributed by atoms with Crippen LogP contribution in [0.15, 0.2) is 34.8 Å². The molecule has 0 saturated carbocycles. The lowest BCUT2D eigenvalue weighted by molar-refractivity contribution is -0.140. The maximum absolute atomic E-state index is 12.4. The molecule has 5 nitrogen and oxygen atoms in total. The van der Waals surface area contributed by atoms with Crippen molar-refractivity contribution in [1.82, 2.24) is 0 Å². The maximum atomic E-state index is 12.4. The predicted octanol–water partition coefficient (Wildman–Crippen LogP) is 7.61. The summed E-state index contributed by atoms with van der Waals surface area (Å²) in [7, 11) is 0. The van der Waals surface area contributed by atoms with Crippen LogP contribution in [0.4, 0.5) is 0 Å². The monoisotopic (exact) mass is 460 g/mol. The van der Waals surface area contributed by atoms with Crippen LogP contribution in [0.1, 0.15) is 124 Å². The third-order valence-electron chi connectivity index (χ3n) is 6.10. The minimum Gasteiger partial charge on any atom is -0.504 e. The van der Waals surface area contributed by atoms with Crippen LogP contribution in [0.25, 0.3) is 0 Å². The quantitative estimate of drug-likeness (QED) is 0.0985. The molecule has 1 aliphatic carbocycles. The van der Waals surface area contributed by atoms with Crippen molar-refractivity contribution in [3.8, 4) is 0 Å². The number of unbranched alkanes of at least 4 members (excludes halogenated alkanes) is 13. The van der Waals surface area contributed by atoms with Crippen LogP contribution in [0.3, 0.4) is 0 Å². The highest BCUT2D eigenvalue weighted by Crippen LogP contribution is 2.28. The second kappa shape index (κ2) is 17.3. The molecule has 186 valence electrons. The summed E-state index contributed by atoms with van der Waals surface area (Å²) in [4.78, 5) is 36.0. The first-order chi connectivity index (χ1) is 15.9. The molecule has 5 heteroatoms.